The van der Waals surface area contributed by atoms with Gasteiger partial charge in [0.05, 0.1) is 12.2 Å². The number of hydrogen-bond acceptors (Lipinski definition) is 3. The Balaban J connectivity index is 1.56. The molecule has 0 spiro atoms. The number of fused-ring (bicyclic) bond motifs is 2. The van der Waals surface area contributed by atoms with Crippen LogP contribution in [0.25, 0.3) is 0 Å². The van der Waals surface area contributed by atoms with Gasteiger partial charge in [-0.3, -0.25) is 4.90 Å². The van der Waals surface area contributed by atoms with Crippen LogP contribution >= 0.6 is 0 Å². The van der Waals surface area contributed by atoms with Gasteiger partial charge < -0.3 is 10.1 Å². The van der Waals surface area contributed by atoms with Gasteiger partial charge in [0, 0.05) is 24.7 Å². The Morgan fingerprint density at radius 3 is 2.76 bits per heavy atom. The van der Waals surface area contributed by atoms with Crippen molar-refractivity contribution in [1.29, 1.82) is 0 Å². The average molecular weight is 238 g/mol. The lowest BCUT2D eigenvalue weighted by Gasteiger charge is -2.39. The summed E-state index contributed by atoms with van der Waals surface area (Å²) >= 11 is 0. The molecular weight excluding hydrogens is 212 g/mol. The summed E-state index contributed by atoms with van der Waals surface area (Å²) in [6.45, 7) is 7.02. The predicted molar refractivity (Wildman–Crippen MR) is 69.2 cm³/mol. The lowest BCUT2D eigenvalue weighted by atomic mass is 9.92. The molecule has 0 aliphatic carbocycles. The molecule has 3 aliphatic rings. The summed E-state index contributed by atoms with van der Waals surface area (Å²) in [7, 11) is 0. The zero-order valence-corrected chi connectivity index (χ0v) is 11.2. The molecule has 3 heterocycles. The van der Waals surface area contributed by atoms with Gasteiger partial charge in [-0.15, -0.1) is 0 Å². The predicted octanol–water partition coefficient (Wildman–Crippen LogP) is 1.77. The van der Waals surface area contributed by atoms with Crippen molar-refractivity contribution in [3.63, 3.8) is 0 Å². The molecule has 0 aromatic heterocycles. The van der Waals surface area contributed by atoms with Crippen molar-refractivity contribution in [3.8, 4) is 0 Å². The lowest BCUT2D eigenvalue weighted by molar-refractivity contribution is 0.0558. The van der Waals surface area contributed by atoms with E-state index in [1.165, 1.54) is 45.2 Å². The van der Waals surface area contributed by atoms with E-state index in [2.05, 4.69) is 24.1 Å². The monoisotopic (exact) mass is 238 g/mol. The van der Waals surface area contributed by atoms with E-state index in [9.17, 15) is 0 Å². The van der Waals surface area contributed by atoms with Crippen LogP contribution in [-0.2, 0) is 4.74 Å². The van der Waals surface area contributed by atoms with Crippen molar-refractivity contribution in [2.75, 3.05) is 13.1 Å². The Labute approximate surface area is 105 Å². The second kappa shape index (κ2) is 4.87. The van der Waals surface area contributed by atoms with E-state index in [1.54, 1.807) is 0 Å². The van der Waals surface area contributed by atoms with Gasteiger partial charge in [-0.05, 0) is 38.6 Å². The maximum atomic E-state index is 5.99. The third kappa shape index (κ3) is 2.51. The molecule has 3 heteroatoms. The first-order valence-electron chi connectivity index (χ1n) is 7.38. The Hall–Kier alpha value is -0.120. The Bertz CT molecular complexity index is 269. The number of piperidine rings is 1. The fourth-order valence-corrected chi connectivity index (χ4v) is 3.91. The normalized spacial score (nSPS) is 42.5. The first-order chi connectivity index (χ1) is 8.22. The molecule has 3 rings (SSSR count). The van der Waals surface area contributed by atoms with Crippen molar-refractivity contribution in [2.45, 2.75) is 76.3 Å². The van der Waals surface area contributed by atoms with Crippen LogP contribution in [0.1, 0.15) is 46.0 Å². The van der Waals surface area contributed by atoms with Gasteiger partial charge in [0.25, 0.3) is 0 Å². The van der Waals surface area contributed by atoms with E-state index < -0.39 is 0 Å². The van der Waals surface area contributed by atoms with Crippen molar-refractivity contribution in [3.05, 3.63) is 0 Å². The molecule has 0 aromatic carbocycles. The van der Waals surface area contributed by atoms with E-state index in [4.69, 9.17) is 4.74 Å². The highest BCUT2D eigenvalue weighted by atomic mass is 16.5. The van der Waals surface area contributed by atoms with Crippen LogP contribution < -0.4 is 5.32 Å². The minimum atomic E-state index is 0.554. The average Bonchev–Trinajstić information content (AvgIpc) is 2.90. The highest BCUT2D eigenvalue weighted by Gasteiger charge is 2.44. The Morgan fingerprint density at radius 1 is 1.24 bits per heavy atom. The van der Waals surface area contributed by atoms with E-state index >= 15 is 0 Å². The van der Waals surface area contributed by atoms with E-state index in [0.717, 1.165) is 6.04 Å². The minimum absolute atomic E-state index is 0.554. The van der Waals surface area contributed by atoms with Crippen molar-refractivity contribution >= 4 is 0 Å². The zero-order valence-electron chi connectivity index (χ0n) is 11.2. The van der Waals surface area contributed by atoms with Crippen LogP contribution in [0.3, 0.4) is 0 Å². The quantitative estimate of drug-likeness (QED) is 0.811. The van der Waals surface area contributed by atoms with Crippen molar-refractivity contribution in [2.24, 2.45) is 0 Å². The first-order valence-corrected chi connectivity index (χ1v) is 7.38. The second-order valence-corrected chi connectivity index (χ2v) is 6.33. The summed E-state index contributed by atoms with van der Waals surface area (Å²) < 4.78 is 5.99. The highest BCUT2D eigenvalue weighted by Crippen LogP contribution is 2.37. The maximum Gasteiger partial charge on any atom is 0.0735 e. The van der Waals surface area contributed by atoms with Crippen LogP contribution in [-0.4, -0.2) is 48.3 Å². The highest BCUT2D eigenvalue weighted by molar-refractivity contribution is 4.97. The largest absolute Gasteiger partial charge is 0.373 e. The molecule has 3 aliphatic heterocycles. The summed E-state index contributed by atoms with van der Waals surface area (Å²) in [4.78, 5) is 2.70. The molecule has 98 valence electrons. The van der Waals surface area contributed by atoms with E-state index in [-0.39, 0.29) is 0 Å². The number of nitrogens with one attached hydrogen (secondary N) is 1. The molecule has 0 aromatic rings. The van der Waals surface area contributed by atoms with Gasteiger partial charge in [-0.1, -0.05) is 13.8 Å². The van der Waals surface area contributed by atoms with Gasteiger partial charge in [-0.2, -0.15) is 0 Å². The number of hydrogen-bond donors (Lipinski definition) is 1. The smallest absolute Gasteiger partial charge is 0.0735 e. The number of rotatable bonds is 3. The molecule has 1 N–H and O–H groups in total. The number of ether oxygens (including phenoxy) is 1. The van der Waals surface area contributed by atoms with Crippen LogP contribution in [0.5, 0.6) is 0 Å². The molecule has 3 nitrogen and oxygen atoms in total. The van der Waals surface area contributed by atoms with E-state index in [1.807, 2.05) is 0 Å². The Kier molecular flexibility index (Phi) is 3.42. The third-order valence-electron chi connectivity index (χ3n) is 4.56. The summed E-state index contributed by atoms with van der Waals surface area (Å²) in [6, 6.07) is 2.03. The molecule has 0 amide bonds. The first kappa shape index (κ1) is 11.9. The second-order valence-electron chi connectivity index (χ2n) is 6.33. The molecule has 3 saturated heterocycles. The van der Waals surface area contributed by atoms with Crippen LogP contribution in [0, 0.1) is 0 Å². The molecule has 0 saturated carbocycles. The molecule has 4 unspecified atom stereocenters. The molecular formula is C14H26N2O. The fraction of sp³-hybridized carbons (Fsp3) is 1.00. The maximum absolute atomic E-state index is 5.99. The molecule has 0 radical (unpaired) electrons. The lowest BCUT2D eigenvalue weighted by Crippen LogP contribution is -2.53. The molecule has 3 fully saturated rings. The number of nitrogens with zero attached hydrogens (tertiary/aromatic N) is 1. The summed E-state index contributed by atoms with van der Waals surface area (Å²) in [5.74, 6) is 0. The van der Waals surface area contributed by atoms with Crippen LogP contribution in [0.15, 0.2) is 0 Å². The van der Waals surface area contributed by atoms with Crippen LogP contribution in [0.4, 0.5) is 0 Å². The topological polar surface area (TPSA) is 24.5 Å². The van der Waals surface area contributed by atoms with Crippen molar-refractivity contribution < 1.29 is 4.74 Å². The molecule has 4 atom stereocenters. The van der Waals surface area contributed by atoms with Gasteiger partial charge in [0.2, 0.25) is 0 Å². The fourth-order valence-electron chi connectivity index (χ4n) is 3.91. The summed E-state index contributed by atoms with van der Waals surface area (Å²) in [6.07, 6.45) is 7.73. The molecule has 17 heavy (non-hydrogen) atoms. The molecule has 2 bridgehead atoms. The van der Waals surface area contributed by atoms with Gasteiger partial charge in [0.1, 0.15) is 0 Å². The minimum Gasteiger partial charge on any atom is -0.373 e. The summed E-state index contributed by atoms with van der Waals surface area (Å²) in [5, 5.41) is 3.70. The third-order valence-corrected chi connectivity index (χ3v) is 4.56. The Morgan fingerprint density at radius 2 is 2.12 bits per heavy atom. The number of likely N-dealkylation sites (tertiary alicyclic amines) is 1. The zero-order chi connectivity index (χ0) is 11.8. The van der Waals surface area contributed by atoms with E-state index in [0.29, 0.717) is 24.3 Å². The van der Waals surface area contributed by atoms with Gasteiger partial charge in [-0.25, -0.2) is 0 Å². The summed E-state index contributed by atoms with van der Waals surface area (Å²) in [5.41, 5.74) is 0. The SMILES string of the molecule is CC(C)NC1CCCN(C2CC3CCC2O3)C1. The van der Waals surface area contributed by atoms with Crippen LogP contribution in [0.2, 0.25) is 0 Å². The standard InChI is InChI=1S/C14H26N2O/c1-10(2)15-11-4-3-7-16(9-11)13-8-12-5-6-14(13)17-12/h10-15H,3-9H2,1-2H3. The van der Waals surface area contributed by atoms with Gasteiger partial charge in [0.15, 0.2) is 0 Å². The van der Waals surface area contributed by atoms with Gasteiger partial charge >= 0.3 is 0 Å². The van der Waals surface area contributed by atoms with Crippen molar-refractivity contribution in [1.82, 2.24) is 10.2 Å².